The van der Waals surface area contributed by atoms with Crippen LogP contribution in [0.15, 0.2) is 24.4 Å². The molecule has 0 aliphatic carbocycles. The Bertz CT molecular complexity index is 1040. The molecule has 0 saturated carbocycles. The fourth-order valence-corrected chi connectivity index (χ4v) is 2.70. The van der Waals surface area contributed by atoms with Crippen molar-refractivity contribution >= 4 is 23.3 Å². The van der Waals surface area contributed by atoms with Crippen molar-refractivity contribution in [3.63, 3.8) is 0 Å². The van der Waals surface area contributed by atoms with Crippen molar-refractivity contribution < 1.29 is 31.9 Å². The van der Waals surface area contributed by atoms with Gasteiger partial charge in [-0.05, 0) is 30.7 Å². The van der Waals surface area contributed by atoms with E-state index < -0.39 is 42.6 Å². The van der Waals surface area contributed by atoms with Gasteiger partial charge in [0, 0.05) is 18.9 Å². The summed E-state index contributed by atoms with van der Waals surface area (Å²) in [5.41, 5.74) is -0.360. The number of alkyl halides is 3. The van der Waals surface area contributed by atoms with Gasteiger partial charge in [-0.3, -0.25) is 14.4 Å². The number of Topliss-reactive ketones (excluding diaryl/α,β-unsaturated/α-hetero) is 1. The molecule has 2 N–H and O–H groups in total. The van der Waals surface area contributed by atoms with E-state index in [1.54, 1.807) is 11.4 Å². The number of rotatable bonds is 7. The monoisotopic (exact) mass is 424 g/mol. The summed E-state index contributed by atoms with van der Waals surface area (Å²) in [5.74, 6) is -4.14. The molecule has 158 valence electrons. The van der Waals surface area contributed by atoms with Gasteiger partial charge in [-0.25, -0.2) is 17.6 Å². The molecule has 2 amide bonds. The number of ketones is 1. The zero-order valence-corrected chi connectivity index (χ0v) is 15.8. The second-order valence-electron chi connectivity index (χ2n) is 6.29. The normalized spacial score (nSPS) is 11.7. The van der Waals surface area contributed by atoms with Crippen LogP contribution < -0.4 is 10.6 Å². The van der Waals surface area contributed by atoms with Gasteiger partial charge >= 0.3 is 0 Å². The van der Waals surface area contributed by atoms with E-state index in [4.69, 9.17) is 5.26 Å². The van der Waals surface area contributed by atoms with Crippen molar-refractivity contribution in [1.82, 2.24) is 9.88 Å². The van der Waals surface area contributed by atoms with Crippen LogP contribution in [0.5, 0.6) is 0 Å². The third kappa shape index (κ3) is 4.65. The fraction of sp³-hybridized carbons (Fsp3) is 0.263. The first-order valence-electron chi connectivity index (χ1n) is 8.46. The minimum absolute atomic E-state index is 0.0209. The number of nitrogens with one attached hydrogen (secondary N) is 2. The second-order valence-corrected chi connectivity index (χ2v) is 6.29. The Hall–Kier alpha value is -3.68. The van der Waals surface area contributed by atoms with Crippen molar-refractivity contribution in [2.45, 2.75) is 19.4 Å². The number of hydrogen-bond donors (Lipinski definition) is 2. The SMILES string of the molecule is Cc1c(C(=O)Nc2ccc(F)c(C#N)c2)cn(C)c1C(=O)C(=O)NC(CF)C(F)F. The number of halogens is 4. The number of amides is 2. The zero-order chi connectivity index (χ0) is 22.6. The third-order valence-corrected chi connectivity index (χ3v) is 4.23. The highest BCUT2D eigenvalue weighted by Gasteiger charge is 2.30. The molecule has 1 aromatic heterocycles. The van der Waals surface area contributed by atoms with Gasteiger partial charge in [0.15, 0.2) is 0 Å². The van der Waals surface area contributed by atoms with E-state index in [2.05, 4.69) is 5.32 Å². The van der Waals surface area contributed by atoms with Gasteiger partial charge in [0.2, 0.25) is 0 Å². The van der Waals surface area contributed by atoms with E-state index >= 15 is 0 Å². The molecule has 2 aromatic rings. The molecule has 0 spiro atoms. The molecule has 1 unspecified atom stereocenters. The standard InChI is InChI=1S/C19H16F4N4O3/c1-9-12(18(29)25-11-3-4-13(21)10(5-11)7-24)8-27(2)15(9)16(28)19(30)26-14(6-20)17(22)23/h3-5,8,14,17H,6H2,1-2H3,(H,25,29)(H,26,30). The predicted octanol–water partition coefficient (Wildman–Crippen LogP) is 2.50. The van der Waals surface area contributed by atoms with E-state index in [1.165, 1.54) is 26.2 Å². The molecule has 1 atom stereocenters. The summed E-state index contributed by atoms with van der Waals surface area (Å²) in [6, 6.07) is 2.84. The van der Waals surface area contributed by atoms with Crippen molar-refractivity contribution in [3.05, 3.63) is 52.6 Å². The number of benzene rings is 1. The Morgan fingerprint density at radius 1 is 1.27 bits per heavy atom. The molecule has 30 heavy (non-hydrogen) atoms. The van der Waals surface area contributed by atoms with Crippen molar-refractivity contribution in [3.8, 4) is 6.07 Å². The minimum Gasteiger partial charge on any atom is -0.347 e. The summed E-state index contributed by atoms with van der Waals surface area (Å²) in [5, 5.41) is 12.9. The summed E-state index contributed by atoms with van der Waals surface area (Å²) in [7, 11) is 1.36. The molecule has 1 aromatic carbocycles. The van der Waals surface area contributed by atoms with E-state index in [9.17, 15) is 31.9 Å². The average molecular weight is 424 g/mol. The highest BCUT2D eigenvalue weighted by molar-refractivity contribution is 6.43. The summed E-state index contributed by atoms with van der Waals surface area (Å²) in [6.07, 6.45) is -1.96. The molecule has 0 aliphatic heterocycles. The molecule has 7 nitrogen and oxygen atoms in total. The molecular formula is C19H16F4N4O3. The van der Waals surface area contributed by atoms with Crippen LogP contribution in [0.4, 0.5) is 23.2 Å². The number of aryl methyl sites for hydroxylation is 1. The lowest BCUT2D eigenvalue weighted by Crippen LogP contribution is -2.45. The Morgan fingerprint density at radius 3 is 2.50 bits per heavy atom. The van der Waals surface area contributed by atoms with Crippen molar-refractivity contribution in [2.24, 2.45) is 7.05 Å². The molecular weight excluding hydrogens is 408 g/mol. The highest BCUT2D eigenvalue weighted by atomic mass is 19.3. The average Bonchev–Trinajstić information content (AvgIpc) is 3.00. The molecule has 2 rings (SSSR count). The van der Waals surface area contributed by atoms with Crippen LogP contribution in [0.3, 0.4) is 0 Å². The van der Waals surface area contributed by atoms with Crippen LogP contribution in [-0.4, -0.2) is 41.3 Å². The van der Waals surface area contributed by atoms with Gasteiger partial charge in [0.05, 0.1) is 16.8 Å². The number of anilines is 1. The van der Waals surface area contributed by atoms with E-state index in [-0.39, 0.29) is 28.1 Å². The van der Waals surface area contributed by atoms with Gasteiger partial charge in [-0.2, -0.15) is 5.26 Å². The maximum atomic E-state index is 13.4. The number of nitriles is 1. The lowest BCUT2D eigenvalue weighted by molar-refractivity contribution is -0.119. The summed E-state index contributed by atoms with van der Waals surface area (Å²) >= 11 is 0. The largest absolute Gasteiger partial charge is 0.347 e. The molecule has 0 bridgehead atoms. The Morgan fingerprint density at radius 2 is 1.93 bits per heavy atom. The highest BCUT2D eigenvalue weighted by Crippen LogP contribution is 2.20. The molecule has 1 heterocycles. The van der Waals surface area contributed by atoms with Crippen LogP contribution in [0.25, 0.3) is 0 Å². The minimum atomic E-state index is -3.20. The van der Waals surface area contributed by atoms with Crippen molar-refractivity contribution in [2.75, 3.05) is 12.0 Å². The van der Waals surface area contributed by atoms with Gasteiger partial charge in [0.25, 0.3) is 24.0 Å². The smallest absolute Gasteiger partial charge is 0.294 e. The van der Waals surface area contributed by atoms with E-state index in [1.807, 2.05) is 0 Å². The summed E-state index contributed by atoms with van der Waals surface area (Å²) in [4.78, 5) is 36.8. The Labute approximate surface area is 168 Å². The Kier molecular flexibility index (Phi) is 6.94. The van der Waals surface area contributed by atoms with E-state index in [0.717, 1.165) is 16.7 Å². The number of carbonyl (C=O) groups is 3. The lowest BCUT2D eigenvalue weighted by atomic mass is 10.1. The van der Waals surface area contributed by atoms with Gasteiger partial charge < -0.3 is 15.2 Å². The third-order valence-electron chi connectivity index (χ3n) is 4.23. The fourth-order valence-electron chi connectivity index (χ4n) is 2.70. The molecule has 0 aliphatic rings. The number of hydrogen-bond acceptors (Lipinski definition) is 4. The molecule has 0 saturated heterocycles. The van der Waals surface area contributed by atoms with E-state index in [0.29, 0.717) is 0 Å². The van der Waals surface area contributed by atoms with Crippen LogP contribution in [-0.2, 0) is 11.8 Å². The van der Waals surface area contributed by atoms with Crippen LogP contribution in [0.1, 0.15) is 32.0 Å². The maximum Gasteiger partial charge on any atom is 0.294 e. The number of nitrogens with zero attached hydrogens (tertiary/aromatic N) is 2. The first-order valence-corrected chi connectivity index (χ1v) is 8.46. The first kappa shape index (κ1) is 22.6. The van der Waals surface area contributed by atoms with Gasteiger partial charge in [-0.15, -0.1) is 0 Å². The van der Waals surface area contributed by atoms with Gasteiger partial charge in [-0.1, -0.05) is 0 Å². The summed E-state index contributed by atoms with van der Waals surface area (Å²) < 4.78 is 52.4. The zero-order valence-electron chi connectivity index (χ0n) is 15.8. The maximum absolute atomic E-state index is 13.4. The second kappa shape index (κ2) is 9.21. The van der Waals surface area contributed by atoms with Crippen LogP contribution in [0.2, 0.25) is 0 Å². The molecule has 0 fully saturated rings. The van der Waals surface area contributed by atoms with Crippen LogP contribution >= 0.6 is 0 Å². The first-order chi connectivity index (χ1) is 14.1. The van der Waals surface area contributed by atoms with Crippen LogP contribution in [0, 0.1) is 24.1 Å². The number of carbonyl (C=O) groups excluding carboxylic acids is 3. The van der Waals surface area contributed by atoms with Gasteiger partial charge in [0.1, 0.15) is 24.6 Å². The topological polar surface area (TPSA) is 104 Å². The predicted molar refractivity (Wildman–Crippen MR) is 97.5 cm³/mol. The van der Waals surface area contributed by atoms with Crippen molar-refractivity contribution in [1.29, 1.82) is 5.26 Å². The summed E-state index contributed by atoms with van der Waals surface area (Å²) in [6.45, 7) is -0.195. The quantitative estimate of drug-likeness (QED) is 0.405. The number of aromatic nitrogens is 1. The molecule has 0 radical (unpaired) electrons. The Balaban J connectivity index is 2.26. The lowest BCUT2D eigenvalue weighted by Gasteiger charge is -2.14. The molecule has 11 heteroatoms.